The fourth-order valence-electron chi connectivity index (χ4n) is 0.731. The highest BCUT2D eigenvalue weighted by molar-refractivity contribution is 9.11. The van der Waals surface area contributed by atoms with E-state index in [2.05, 4.69) is 31.9 Å². The summed E-state index contributed by atoms with van der Waals surface area (Å²) in [4.78, 5) is -0.459. The van der Waals surface area contributed by atoms with Crippen LogP contribution in [0.5, 0.6) is 0 Å². The first-order valence-corrected chi connectivity index (χ1v) is 5.60. The van der Waals surface area contributed by atoms with Gasteiger partial charge in [-0.25, -0.2) is 4.39 Å². The van der Waals surface area contributed by atoms with Crippen LogP contribution in [0.4, 0.5) is 17.6 Å². The first-order valence-electron chi connectivity index (χ1n) is 3.20. The highest BCUT2D eigenvalue weighted by Crippen LogP contribution is 2.40. The van der Waals surface area contributed by atoms with Crippen LogP contribution < -0.4 is 0 Å². The minimum absolute atomic E-state index is 0.00127. The summed E-state index contributed by atoms with van der Waals surface area (Å²) in [5.41, 5.74) is -4.49. The van der Waals surface area contributed by atoms with Crippen molar-refractivity contribution in [1.82, 2.24) is 0 Å². The highest BCUT2D eigenvalue weighted by Gasteiger charge is 2.31. The average molecular weight is 354 g/mol. The Bertz CT molecular complexity index is 350. The lowest BCUT2D eigenvalue weighted by Gasteiger charge is -2.07. The fourth-order valence-corrected chi connectivity index (χ4v) is 2.87. The number of rotatable bonds is 1. The Balaban J connectivity index is 3.09. The van der Waals surface area contributed by atoms with E-state index in [0.29, 0.717) is 4.47 Å². The van der Waals surface area contributed by atoms with Crippen LogP contribution in [0.1, 0.15) is 0 Å². The van der Waals surface area contributed by atoms with Gasteiger partial charge in [-0.15, -0.1) is 0 Å². The van der Waals surface area contributed by atoms with Gasteiger partial charge in [0.05, 0.1) is 9.37 Å². The van der Waals surface area contributed by atoms with Gasteiger partial charge in [-0.3, -0.25) is 0 Å². The van der Waals surface area contributed by atoms with Gasteiger partial charge in [0.2, 0.25) is 0 Å². The Morgan fingerprint density at radius 3 is 2.21 bits per heavy atom. The number of alkyl halides is 3. The summed E-state index contributed by atoms with van der Waals surface area (Å²) >= 11 is 5.32. The van der Waals surface area contributed by atoms with Crippen molar-refractivity contribution >= 4 is 43.6 Å². The maximum absolute atomic E-state index is 13.1. The first-order chi connectivity index (χ1) is 6.29. The van der Waals surface area contributed by atoms with E-state index in [-0.39, 0.29) is 4.47 Å². The average Bonchev–Trinajstić information content (AvgIpc) is 1.96. The molecule has 0 radical (unpaired) electrons. The zero-order chi connectivity index (χ0) is 10.9. The van der Waals surface area contributed by atoms with Crippen molar-refractivity contribution in [1.29, 1.82) is 0 Å². The van der Waals surface area contributed by atoms with Crippen molar-refractivity contribution in [2.45, 2.75) is 10.4 Å². The van der Waals surface area contributed by atoms with Crippen LogP contribution >= 0.6 is 43.6 Å². The fraction of sp³-hybridized carbons (Fsp3) is 0.143. The molecule has 0 N–H and O–H groups in total. The minimum Gasteiger partial charge on any atom is -0.205 e. The van der Waals surface area contributed by atoms with Gasteiger partial charge in [0.15, 0.2) is 5.82 Å². The largest absolute Gasteiger partial charge is 0.446 e. The van der Waals surface area contributed by atoms with Gasteiger partial charge in [-0.1, -0.05) is 15.9 Å². The van der Waals surface area contributed by atoms with Crippen molar-refractivity contribution in [2.24, 2.45) is 0 Å². The van der Waals surface area contributed by atoms with Crippen LogP contribution in [0.25, 0.3) is 0 Å². The Morgan fingerprint density at radius 1 is 1.14 bits per heavy atom. The molecule has 1 aromatic rings. The second kappa shape index (κ2) is 4.40. The van der Waals surface area contributed by atoms with E-state index in [0.717, 1.165) is 6.07 Å². The van der Waals surface area contributed by atoms with E-state index in [1.807, 2.05) is 0 Å². The molecule has 0 aliphatic rings. The van der Waals surface area contributed by atoms with E-state index in [9.17, 15) is 17.6 Å². The minimum atomic E-state index is -4.49. The molecule has 1 aromatic carbocycles. The van der Waals surface area contributed by atoms with Crippen molar-refractivity contribution in [3.8, 4) is 0 Å². The zero-order valence-corrected chi connectivity index (χ0v) is 10.3. The van der Waals surface area contributed by atoms with Crippen LogP contribution in [0.15, 0.2) is 26.0 Å². The van der Waals surface area contributed by atoms with E-state index in [1.54, 1.807) is 0 Å². The van der Waals surface area contributed by atoms with Crippen molar-refractivity contribution < 1.29 is 17.6 Å². The molecular weight excluding hydrogens is 352 g/mol. The molecule has 0 aliphatic heterocycles. The van der Waals surface area contributed by atoms with E-state index in [4.69, 9.17) is 0 Å². The van der Waals surface area contributed by atoms with E-state index >= 15 is 0 Å². The van der Waals surface area contributed by atoms with Gasteiger partial charge in [0.25, 0.3) is 0 Å². The van der Waals surface area contributed by atoms with Gasteiger partial charge >= 0.3 is 5.51 Å². The zero-order valence-electron chi connectivity index (χ0n) is 6.33. The molecule has 1 rings (SSSR count). The SMILES string of the molecule is Fc1c(Br)cc(Br)cc1SC(F)(F)F. The molecule has 14 heavy (non-hydrogen) atoms. The molecule has 78 valence electrons. The molecule has 0 spiro atoms. The molecule has 0 saturated carbocycles. The van der Waals surface area contributed by atoms with Gasteiger partial charge < -0.3 is 0 Å². The molecule has 0 aliphatic carbocycles. The lowest BCUT2D eigenvalue weighted by molar-refractivity contribution is -0.0329. The summed E-state index contributed by atoms with van der Waals surface area (Å²) < 4.78 is 49.4. The normalized spacial score (nSPS) is 11.9. The molecule has 0 unspecified atom stereocenters. The Labute approximate surface area is 98.3 Å². The summed E-state index contributed by atoms with van der Waals surface area (Å²) in [5.74, 6) is -0.907. The first kappa shape index (κ1) is 12.3. The highest BCUT2D eigenvalue weighted by atomic mass is 79.9. The van der Waals surface area contributed by atoms with Crippen LogP contribution in [0, 0.1) is 5.82 Å². The number of halogens is 6. The summed E-state index contributed by atoms with van der Waals surface area (Å²) in [6.07, 6.45) is 0. The van der Waals surface area contributed by atoms with Crippen molar-refractivity contribution in [3.63, 3.8) is 0 Å². The molecule has 0 saturated heterocycles. The topological polar surface area (TPSA) is 0 Å². The Hall–Kier alpha value is 0.250. The molecule has 0 nitrogen and oxygen atoms in total. The summed E-state index contributed by atoms with van der Waals surface area (Å²) in [7, 11) is 0. The molecule has 0 fully saturated rings. The quantitative estimate of drug-likeness (QED) is 0.390. The van der Waals surface area contributed by atoms with Crippen LogP contribution in [-0.4, -0.2) is 5.51 Å². The maximum Gasteiger partial charge on any atom is 0.446 e. The second-order valence-corrected chi connectivity index (χ2v) is 5.12. The number of thioether (sulfide) groups is 1. The van der Waals surface area contributed by atoms with Crippen LogP contribution in [-0.2, 0) is 0 Å². The Morgan fingerprint density at radius 2 is 1.71 bits per heavy atom. The summed E-state index contributed by atoms with van der Waals surface area (Å²) in [6, 6.07) is 2.42. The monoisotopic (exact) mass is 352 g/mol. The predicted molar refractivity (Wildman–Crippen MR) is 53.7 cm³/mol. The molecule has 7 heteroatoms. The van der Waals surface area contributed by atoms with Gasteiger partial charge in [-0.05, 0) is 39.8 Å². The third-order valence-electron chi connectivity index (χ3n) is 1.19. The predicted octanol–water partition coefficient (Wildman–Crippen LogP) is 4.96. The Kier molecular flexibility index (Phi) is 3.87. The molecule has 0 aromatic heterocycles. The second-order valence-electron chi connectivity index (χ2n) is 2.25. The van der Waals surface area contributed by atoms with Crippen molar-refractivity contribution in [3.05, 3.63) is 26.9 Å². The third-order valence-corrected chi connectivity index (χ3v) is 2.97. The lowest BCUT2D eigenvalue weighted by atomic mass is 10.3. The molecular formula is C7H2Br2F4S. The molecule has 0 atom stereocenters. The number of hydrogen-bond donors (Lipinski definition) is 0. The molecule has 0 amide bonds. The summed E-state index contributed by atoms with van der Waals surface area (Å²) in [6.45, 7) is 0. The molecule has 0 heterocycles. The van der Waals surface area contributed by atoms with E-state index < -0.39 is 28.0 Å². The van der Waals surface area contributed by atoms with Crippen molar-refractivity contribution in [2.75, 3.05) is 0 Å². The maximum atomic E-state index is 13.1. The van der Waals surface area contributed by atoms with Crippen LogP contribution in [0.2, 0.25) is 0 Å². The molecule has 0 bridgehead atoms. The number of benzene rings is 1. The van der Waals surface area contributed by atoms with Gasteiger partial charge in [-0.2, -0.15) is 13.2 Å². The van der Waals surface area contributed by atoms with Gasteiger partial charge in [0, 0.05) is 4.47 Å². The lowest BCUT2D eigenvalue weighted by Crippen LogP contribution is -2.00. The summed E-state index contributed by atoms with van der Waals surface area (Å²) in [5, 5.41) is 0. The van der Waals surface area contributed by atoms with Crippen LogP contribution in [0.3, 0.4) is 0 Å². The van der Waals surface area contributed by atoms with Gasteiger partial charge in [0.1, 0.15) is 0 Å². The standard InChI is InChI=1S/C7H2Br2F4S/c8-3-1-4(9)6(10)5(2-3)14-7(11,12)13/h1-2H. The number of hydrogen-bond acceptors (Lipinski definition) is 1. The smallest absolute Gasteiger partial charge is 0.205 e. The van der Waals surface area contributed by atoms with E-state index in [1.165, 1.54) is 6.07 Å². The third kappa shape index (κ3) is 3.43.